The second kappa shape index (κ2) is 3.61. The highest BCUT2D eigenvalue weighted by atomic mass is 28.3. The molecule has 0 aromatic carbocycles. The van der Waals surface area contributed by atoms with Crippen LogP contribution in [0.2, 0.25) is 19.6 Å². The van der Waals surface area contributed by atoms with Gasteiger partial charge in [0.05, 0.1) is 25.2 Å². The molecule has 1 fully saturated rings. The molecule has 0 amide bonds. The SMILES string of the molecule is C[Si](C)(C)C#C[C@@H]1COC[C@H]1O. The maximum absolute atomic E-state index is 9.37. The van der Waals surface area contributed by atoms with E-state index < -0.39 is 8.07 Å². The first-order chi connectivity index (χ1) is 5.49. The van der Waals surface area contributed by atoms with Gasteiger partial charge >= 0.3 is 0 Å². The third-order valence-corrected chi connectivity index (χ3v) is 2.58. The van der Waals surface area contributed by atoms with Crippen molar-refractivity contribution < 1.29 is 9.84 Å². The summed E-state index contributed by atoms with van der Waals surface area (Å²) in [6.45, 7) is 7.64. The molecule has 1 rings (SSSR count). The number of hydrogen-bond acceptors (Lipinski definition) is 2. The monoisotopic (exact) mass is 184 g/mol. The van der Waals surface area contributed by atoms with Crippen LogP contribution in [0.15, 0.2) is 0 Å². The fraction of sp³-hybridized carbons (Fsp3) is 0.778. The first kappa shape index (κ1) is 9.78. The molecule has 1 heterocycles. The van der Waals surface area contributed by atoms with Crippen molar-refractivity contribution in [2.75, 3.05) is 13.2 Å². The minimum Gasteiger partial charge on any atom is -0.389 e. The second-order valence-electron chi connectivity index (χ2n) is 4.23. The molecule has 1 N–H and O–H groups in total. The second-order valence-corrected chi connectivity index (χ2v) is 8.98. The Morgan fingerprint density at radius 3 is 2.42 bits per heavy atom. The lowest BCUT2D eigenvalue weighted by molar-refractivity contribution is 0.123. The van der Waals surface area contributed by atoms with Crippen LogP contribution in [-0.4, -0.2) is 32.5 Å². The highest BCUT2D eigenvalue weighted by molar-refractivity contribution is 6.83. The highest BCUT2D eigenvalue weighted by Gasteiger charge is 2.24. The standard InChI is InChI=1S/C9H16O2Si/c1-12(2,3)5-4-8-6-11-7-9(8)10/h8-10H,6-7H2,1-3H3/t8-,9-/m1/s1. The van der Waals surface area contributed by atoms with E-state index >= 15 is 0 Å². The molecule has 0 aliphatic carbocycles. The van der Waals surface area contributed by atoms with Crippen molar-refractivity contribution in [2.24, 2.45) is 5.92 Å². The van der Waals surface area contributed by atoms with Gasteiger partial charge in [-0.25, -0.2) is 0 Å². The summed E-state index contributed by atoms with van der Waals surface area (Å²) in [5.74, 6) is 3.16. The van der Waals surface area contributed by atoms with Crippen molar-refractivity contribution in [3.8, 4) is 11.5 Å². The van der Waals surface area contributed by atoms with E-state index in [0.29, 0.717) is 13.2 Å². The van der Waals surface area contributed by atoms with E-state index in [1.54, 1.807) is 0 Å². The molecule has 0 bridgehead atoms. The summed E-state index contributed by atoms with van der Waals surface area (Å²) in [4.78, 5) is 0. The van der Waals surface area contributed by atoms with Crippen LogP contribution < -0.4 is 0 Å². The average molecular weight is 184 g/mol. The normalized spacial score (nSPS) is 29.7. The zero-order valence-corrected chi connectivity index (χ0v) is 8.92. The number of aliphatic hydroxyl groups is 1. The molecule has 12 heavy (non-hydrogen) atoms. The number of ether oxygens (including phenoxy) is 1. The lowest BCUT2D eigenvalue weighted by atomic mass is 10.1. The minimum absolute atomic E-state index is 0.0525. The molecule has 2 atom stereocenters. The third kappa shape index (κ3) is 2.98. The molecule has 0 aromatic rings. The molecule has 2 nitrogen and oxygen atoms in total. The van der Waals surface area contributed by atoms with Crippen LogP contribution in [0, 0.1) is 17.4 Å². The molecule has 68 valence electrons. The smallest absolute Gasteiger partial charge is 0.129 e. The molecule has 3 heteroatoms. The Morgan fingerprint density at radius 1 is 1.33 bits per heavy atom. The van der Waals surface area contributed by atoms with Crippen molar-refractivity contribution in [3.63, 3.8) is 0 Å². The van der Waals surface area contributed by atoms with Crippen LogP contribution in [0.25, 0.3) is 0 Å². The Bertz CT molecular complexity index is 209. The molecule has 1 aliphatic heterocycles. The predicted octanol–water partition coefficient (Wildman–Crippen LogP) is 0.874. The van der Waals surface area contributed by atoms with Crippen LogP contribution in [0.1, 0.15) is 0 Å². The average Bonchev–Trinajstić information content (AvgIpc) is 2.29. The van der Waals surface area contributed by atoms with Gasteiger partial charge in [0.2, 0.25) is 0 Å². The van der Waals surface area contributed by atoms with Gasteiger partial charge in [-0.15, -0.1) is 11.5 Å². The molecular formula is C9H16O2Si. The lowest BCUT2D eigenvalue weighted by Crippen LogP contribution is -2.20. The van der Waals surface area contributed by atoms with E-state index in [-0.39, 0.29) is 12.0 Å². The van der Waals surface area contributed by atoms with Gasteiger partial charge in [0, 0.05) is 0 Å². The summed E-state index contributed by atoms with van der Waals surface area (Å²) < 4.78 is 5.10. The van der Waals surface area contributed by atoms with Gasteiger partial charge < -0.3 is 9.84 Å². The van der Waals surface area contributed by atoms with Gasteiger partial charge in [-0.1, -0.05) is 19.6 Å². The van der Waals surface area contributed by atoms with Crippen molar-refractivity contribution >= 4 is 8.07 Å². The molecule has 0 spiro atoms. The van der Waals surface area contributed by atoms with Gasteiger partial charge in [-0.2, -0.15) is 0 Å². The van der Waals surface area contributed by atoms with Crippen LogP contribution >= 0.6 is 0 Å². The largest absolute Gasteiger partial charge is 0.389 e. The fourth-order valence-corrected chi connectivity index (χ4v) is 1.61. The van der Waals surface area contributed by atoms with Crippen molar-refractivity contribution in [3.05, 3.63) is 0 Å². The fourth-order valence-electron chi connectivity index (χ4n) is 0.990. The van der Waals surface area contributed by atoms with Gasteiger partial charge in [-0.3, -0.25) is 0 Å². The third-order valence-electron chi connectivity index (χ3n) is 1.68. The number of hydrogen-bond donors (Lipinski definition) is 1. The molecule has 1 saturated heterocycles. The Morgan fingerprint density at radius 2 is 2.00 bits per heavy atom. The van der Waals surface area contributed by atoms with Gasteiger partial charge in [0.15, 0.2) is 0 Å². The van der Waals surface area contributed by atoms with E-state index in [0.717, 1.165) is 0 Å². The summed E-state index contributed by atoms with van der Waals surface area (Å²) in [5.41, 5.74) is 3.24. The molecule has 0 radical (unpaired) electrons. The maximum Gasteiger partial charge on any atom is 0.129 e. The maximum atomic E-state index is 9.37. The molecular weight excluding hydrogens is 168 g/mol. The summed E-state index contributed by atoms with van der Waals surface area (Å²) >= 11 is 0. The Balaban J connectivity index is 2.53. The summed E-state index contributed by atoms with van der Waals surface area (Å²) in [5, 5.41) is 9.37. The number of rotatable bonds is 0. The van der Waals surface area contributed by atoms with Crippen molar-refractivity contribution in [1.82, 2.24) is 0 Å². The topological polar surface area (TPSA) is 29.5 Å². The molecule has 0 unspecified atom stereocenters. The minimum atomic E-state index is -1.28. The highest BCUT2D eigenvalue weighted by Crippen LogP contribution is 2.12. The van der Waals surface area contributed by atoms with Crippen molar-refractivity contribution in [1.29, 1.82) is 0 Å². The van der Waals surface area contributed by atoms with E-state index in [1.807, 2.05) is 0 Å². The summed E-state index contributed by atoms with van der Waals surface area (Å²) in [6, 6.07) is 0. The van der Waals surface area contributed by atoms with Gasteiger partial charge in [0.25, 0.3) is 0 Å². The Labute approximate surface area is 74.9 Å². The van der Waals surface area contributed by atoms with Gasteiger partial charge in [-0.05, 0) is 0 Å². The zero-order chi connectivity index (χ0) is 9.19. The molecule has 0 aromatic heterocycles. The number of aliphatic hydroxyl groups excluding tert-OH is 1. The Hall–Kier alpha value is -0.303. The predicted molar refractivity (Wildman–Crippen MR) is 51.4 cm³/mol. The van der Waals surface area contributed by atoms with E-state index in [2.05, 4.69) is 31.1 Å². The molecule has 1 aliphatic rings. The van der Waals surface area contributed by atoms with E-state index in [1.165, 1.54) is 0 Å². The quantitative estimate of drug-likeness (QED) is 0.447. The van der Waals surface area contributed by atoms with Crippen LogP contribution in [-0.2, 0) is 4.74 Å². The lowest BCUT2D eigenvalue weighted by Gasteiger charge is -2.07. The first-order valence-electron chi connectivity index (χ1n) is 4.27. The summed E-state index contributed by atoms with van der Waals surface area (Å²) in [6.07, 6.45) is -0.367. The van der Waals surface area contributed by atoms with Crippen LogP contribution in [0.3, 0.4) is 0 Å². The van der Waals surface area contributed by atoms with Crippen LogP contribution in [0.4, 0.5) is 0 Å². The van der Waals surface area contributed by atoms with Crippen LogP contribution in [0.5, 0.6) is 0 Å². The van der Waals surface area contributed by atoms with E-state index in [4.69, 9.17) is 4.74 Å². The zero-order valence-electron chi connectivity index (χ0n) is 7.92. The van der Waals surface area contributed by atoms with Crippen molar-refractivity contribution in [2.45, 2.75) is 25.7 Å². The van der Waals surface area contributed by atoms with Gasteiger partial charge in [0.1, 0.15) is 8.07 Å². The first-order valence-corrected chi connectivity index (χ1v) is 7.77. The summed E-state index contributed by atoms with van der Waals surface area (Å²) in [7, 11) is -1.28. The van der Waals surface area contributed by atoms with E-state index in [9.17, 15) is 5.11 Å². The Kier molecular flexibility index (Phi) is 2.94. The molecule has 0 saturated carbocycles.